The summed E-state index contributed by atoms with van der Waals surface area (Å²) in [6, 6.07) is 5.30. The SMILES string of the molecule is C[C@H](CN1CCOCC1)NC(=O)Cc1ccc(OC(F)(F)F)cc1. The molecule has 134 valence electrons. The number of morpholine rings is 1. The number of rotatable bonds is 6. The second kappa shape index (κ2) is 8.34. The van der Waals surface area contributed by atoms with Gasteiger partial charge in [0.1, 0.15) is 5.75 Å². The van der Waals surface area contributed by atoms with Crippen molar-refractivity contribution >= 4 is 5.91 Å². The number of nitrogens with one attached hydrogen (secondary N) is 1. The summed E-state index contributed by atoms with van der Waals surface area (Å²) in [5.74, 6) is -0.465. The molecule has 1 saturated heterocycles. The van der Waals surface area contributed by atoms with E-state index in [1.54, 1.807) is 0 Å². The van der Waals surface area contributed by atoms with E-state index in [1.807, 2.05) is 6.92 Å². The summed E-state index contributed by atoms with van der Waals surface area (Å²) in [5, 5.41) is 2.90. The second-order valence-electron chi connectivity index (χ2n) is 5.75. The van der Waals surface area contributed by atoms with Gasteiger partial charge in [-0.1, -0.05) is 12.1 Å². The monoisotopic (exact) mass is 346 g/mol. The molecule has 1 heterocycles. The van der Waals surface area contributed by atoms with Gasteiger partial charge in [-0.05, 0) is 24.6 Å². The lowest BCUT2D eigenvalue weighted by Crippen LogP contribution is -2.46. The van der Waals surface area contributed by atoms with Crippen LogP contribution in [0.4, 0.5) is 13.2 Å². The van der Waals surface area contributed by atoms with Crippen molar-refractivity contribution < 1.29 is 27.4 Å². The average molecular weight is 346 g/mol. The van der Waals surface area contributed by atoms with Gasteiger partial charge in [-0.25, -0.2) is 0 Å². The number of benzene rings is 1. The van der Waals surface area contributed by atoms with E-state index < -0.39 is 6.36 Å². The summed E-state index contributed by atoms with van der Waals surface area (Å²) >= 11 is 0. The summed E-state index contributed by atoms with van der Waals surface area (Å²) in [6.45, 7) is 5.77. The molecule has 5 nitrogen and oxygen atoms in total. The van der Waals surface area contributed by atoms with Crippen molar-refractivity contribution in [2.75, 3.05) is 32.8 Å². The maximum atomic E-state index is 12.1. The normalized spacial score (nSPS) is 17.3. The fraction of sp³-hybridized carbons (Fsp3) is 0.562. The fourth-order valence-electron chi connectivity index (χ4n) is 2.54. The number of alkyl halides is 3. The average Bonchev–Trinajstić information content (AvgIpc) is 2.48. The number of amides is 1. The number of carbonyl (C=O) groups excluding carboxylic acids is 1. The number of halogens is 3. The Hall–Kier alpha value is -1.80. The molecule has 1 aromatic rings. The molecule has 0 aliphatic carbocycles. The molecule has 0 radical (unpaired) electrons. The van der Waals surface area contributed by atoms with Gasteiger partial charge in [0, 0.05) is 25.7 Å². The molecule has 1 atom stereocenters. The quantitative estimate of drug-likeness (QED) is 0.856. The molecule has 1 fully saturated rings. The van der Waals surface area contributed by atoms with Crippen LogP contribution in [0.2, 0.25) is 0 Å². The number of nitrogens with zero attached hydrogens (tertiary/aromatic N) is 1. The van der Waals surface area contributed by atoms with Crippen LogP contribution in [0.1, 0.15) is 12.5 Å². The summed E-state index contributed by atoms with van der Waals surface area (Å²) < 4.78 is 45.3. The number of carbonyl (C=O) groups is 1. The minimum Gasteiger partial charge on any atom is -0.406 e. The highest BCUT2D eigenvalue weighted by atomic mass is 19.4. The maximum Gasteiger partial charge on any atom is 0.573 e. The molecule has 1 amide bonds. The van der Waals surface area contributed by atoms with Gasteiger partial charge in [0.05, 0.1) is 19.6 Å². The summed E-state index contributed by atoms with van der Waals surface area (Å²) in [7, 11) is 0. The van der Waals surface area contributed by atoms with Gasteiger partial charge < -0.3 is 14.8 Å². The highest BCUT2D eigenvalue weighted by Gasteiger charge is 2.30. The first-order valence-electron chi connectivity index (χ1n) is 7.76. The Morgan fingerprint density at radius 3 is 2.50 bits per heavy atom. The Morgan fingerprint density at radius 1 is 1.29 bits per heavy atom. The van der Waals surface area contributed by atoms with E-state index in [1.165, 1.54) is 24.3 Å². The fourth-order valence-corrected chi connectivity index (χ4v) is 2.54. The zero-order valence-corrected chi connectivity index (χ0v) is 13.4. The highest BCUT2D eigenvalue weighted by Crippen LogP contribution is 2.22. The van der Waals surface area contributed by atoms with Crippen molar-refractivity contribution in [3.8, 4) is 5.75 Å². The Kier molecular flexibility index (Phi) is 6.44. The van der Waals surface area contributed by atoms with E-state index >= 15 is 0 Å². The van der Waals surface area contributed by atoms with Crippen LogP contribution in [0.3, 0.4) is 0 Å². The molecular weight excluding hydrogens is 325 g/mol. The molecule has 1 aliphatic rings. The molecule has 0 unspecified atom stereocenters. The molecule has 2 rings (SSSR count). The summed E-state index contributed by atoms with van der Waals surface area (Å²) in [5.41, 5.74) is 0.626. The second-order valence-corrected chi connectivity index (χ2v) is 5.75. The molecule has 0 bridgehead atoms. The highest BCUT2D eigenvalue weighted by molar-refractivity contribution is 5.78. The van der Waals surface area contributed by atoms with Gasteiger partial charge >= 0.3 is 6.36 Å². The van der Waals surface area contributed by atoms with E-state index in [0.29, 0.717) is 18.8 Å². The molecule has 0 aromatic heterocycles. The van der Waals surface area contributed by atoms with Crippen LogP contribution in [0, 0.1) is 0 Å². The van der Waals surface area contributed by atoms with Crippen molar-refractivity contribution in [1.82, 2.24) is 10.2 Å². The molecular formula is C16H21F3N2O3. The predicted molar refractivity (Wildman–Crippen MR) is 81.7 cm³/mol. The summed E-state index contributed by atoms with van der Waals surface area (Å²) in [4.78, 5) is 14.2. The number of hydrogen-bond acceptors (Lipinski definition) is 4. The first-order valence-corrected chi connectivity index (χ1v) is 7.76. The lowest BCUT2D eigenvalue weighted by Gasteiger charge is -2.29. The van der Waals surface area contributed by atoms with Gasteiger partial charge in [-0.3, -0.25) is 9.69 Å². The zero-order valence-electron chi connectivity index (χ0n) is 13.4. The maximum absolute atomic E-state index is 12.1. The number of ether oxygens (including phenoxy) is 2. The molecule has 1 aromatic carbocycles. The first kappa shape index (κ1) is 18.5. The van der Waals surface area contributed by atoms with E-state index in [9.17, 15) is 18.0 Å². The lowest BCUT2D eigenvalue weighted by atomic mass is 10.1. The van der Waals surface area contributed by atoms with Crippen molar-refractivity contribution in [3.63, 3.8) is 0 Å². The van der Waals surface area contributed by atoms with Crippen LogP contribution in [-0.4, -0.2) is 56.1 Å². The van der Waals surface area contributed by atoms with Crippen molar-refractivity contribution in [3.05, 3.63) is 29.8 Å². The summed E-state index contributed by atoms with van der Waals surface area (Å²) in [6.07, 6.45) is -4.60. The van der Waals surface area contributed by atoms with E-state index in [2.05, 4.69) is 15.0 Å². The smallest absolute Gasteiger partial charge is 0.406 e. The van der Waals surface area contributed by atoms with Crippen LogP contribution in [0.15, 0.2) is 24.3 Å². The molecule has 1 aliphatic heterocycles. The standard InChI is InChI=1S/C16H21F3N2O3/c1-12(11-21-6-8-23-9-7-21)20-15(22)10-13-2-4-14(5-3-13)24-16(17,18)19/h2-5,12H,6-11H2,1H3,(H,20,22)/t12-/m1/s1. The Labute approximate surface area is 138 Å². The van der Waals surface area contributed by atoms with Crippen molar-refractivity contribution in [2.24, 2.45) is 0 Å². The predicted octanol–water partition coefficient (Wildman–Crippen LogP) is 1.96. The van der Waals surface area contributed by atoms with Gasteiger partial charge in [-0.2, -0.15) is 0 Å². The third-order valence-corrected chi connectivity index (χ3v) is 3.56. The van der Waals surface area contributed by atoms with E-state index in [0.717, 1.165) is 19.6 Å². The van der Waals surface area contributed by atoms with Crippen molar-refractivity contribution in [2.45, 2.75) is 25.7 Å². The minimum atomic E-state index is -4.71. The Balaban J connectivity index is 1.76. The van der Waals surface area contributed by atoms with Crippen LogP contribution < -0.4 is 10.1 Å². The van der Waals surface area contributed by atoms with Crippen LogP contribution in [0.5, 0.6) is 5.75 Å². The topological polar surface area (TPSA) is 50.8 Å². The molecule has 24 heavy (non-hydrogen) atoms. The van der Waals surface area contributed by atoms with Gasteiger partial charge in [-0.15, -0.1) is 13.2 Å². The van der Waals surface area contributed by atoms with Crippen LogP contribution >= 0.6 is 0 Å². The lowest BCUT2D eigenvalue weighted by molar-refractivity contribution is -0.274. The van der Waals surface area contributed by atoms with E-state index in [4.69, 9.17) is 4.74 Å². The van der Waals surface area contributed by atoms with Crippen molar-refractivity contribution in [1.29, 1.82) is 0 Å². The molecule has 8 heteroatoms. The van der Waals surface area contributed by atoms with Gasteiger partial charge in [0.25, 0.3) is 0 Å². The first-order chi connectivity index (χ1) is 11.3. The molecule has 0 saturated carbocycles. The molecule has 1 N–H and O–H groups in total. The molecule has 0 spiro atoms. The van der Waals surface area contributed by atoms with Crippen LogP contribution in [-0.2, 0) is 16.0 Å². The van der Waals surface area contributed by atoms with Crippen LogP contribution in [0.25, 0.3) is 0 Å². The Morgan fingerprint density at radius 2 is 1.92 bits per heavy atom. The Bertz CT molecular complexity index is 528. The number of hydrogen-bond donors (Lipinski definition) is 1. The zero-order chi connectivity index (χ0) is 17.6. The van der Waals surface area contributed by atoms with E-state index in [-0.39, 0.29) is 24.1 Å². The third kappa shape index (κ3) is 6.76. The van der Waals surface area contributed by atoms with Gasteiger partial charge in [0.2, 0.25) is 5.91 Å². The largest absolute Gasteiger partial charge is 0.573 e. The minimum absolute atomic E-state index is 0.0107. The third-order valence-electron chi connectivity index (χ3n) is 3.56. The van der Waals surface area contributed by atoms with Gasteiger partial charge in [0.15, 0.2) is 0 Å².